The van der Waals surface area contributed by atoms with Crippen LogP contribution in [0.3, 0.4) is 0 Å². The predicted molar refractivity (Wildman–Crippen MR) is 86.8 cm³/mol. The molecule has 0 heterocycles. The number of hydrogen-bond donors (Lipinski definition) is 1. The van der Waals surface area contributed by atoms with E-state index in [1.807, 2.05) is 43.3 Å². The van der Waals surface area contributed by atoms with Crippen LogP contribution < -0.4 is 9.47 Å². The Morgan fingerprint density at radius 3 is 2.57 bits per heavy atom. The maximum atomic E-state index is 9.83. The SMILES string of the molecule is COc1ccc(Br)cc1COc1cc(C)ccc1C(C)O. The molecule has 1 unspecified atom stereocenters. The largest absolute Gasteiger partial charge is 0.496 e. The summed E-state index contributed by atoms with van der Waals surface area (Å²) in [5, 5.41) is 9.83. The third kappa shape index (κ3) is 3.99. The highest BCUT2D eigenvalue weighted by Crippen LogP contribution is 2.29. The molecule has 0 aliphatic heterocycles. The monoisotopic (exact) mass is 350 g/mol. The number of aliphatic hydroxyl groups is 1. The molecule has 0 bridgehead atoms. The first kappa shape index (κ1) is 15.9. The molecular formula is C17H19BrO3. The van der Waals surface area contributed by atoms with Crippen LogP contribution in [-0.2, 0) is 6.61 Å². The lowest BCUT2D eigenvalue weighted by atomic mass is 10.1. The molecule has 0 spiro atoms. The molecule has 0 aliphatic rings. The third-order valence-corrected chi connectivity index (χ3v) is 3.74. The second-order valence-corrected chi connectivity index (χ2v) is 5.88. The van der Waals surface area contributed by atoms with E-state index in [-0.39, 0.29) is 0 Å². The van der Waals surface area contributed by atoms with Gasteiger partial charge in [0, 0.05) is 15.6 Å². The first-order valence-electron chi connectivity index (χ1n) is 6.75. The van der Waals surface area contributed by atoms with E-state index < -0.39 is 6.10 Å². The van der Waals surface area contributed by atoms with E-state index >= 15 is 0 Å². The van der Waals surface area contributed by atoms with Crippen molar-refractivity contribution < 1.29 is 14.6 Å². The summed E-state index contributed by atoms with van der Waals surface area (Å²) in [4.78, 5) is 0. The van der Waals surface area contributed by atoms with E-state index in [1.165, 1.54) is 0 Å². The molecule has 0 radical (unpaired) electrons. The summed E-state index contributed by atoms with van der Waals surface area (Å²) in [6.45, 7) is 4.11. The Balaban J connectivity index is 2.24. The second kappa shape index (κ2) is 6.96. The topological polar surface area (TPSA) is 38.7 Å². The Kier molecular flexibility index (Phi) is 5.26. The summed E-state index contributed by atoms with van der Waals surface area (Å²) in [5.74, 6) is 1.48. The van der Waals surface area contributed by atoms with E-state index in [2.05, 4.69) is 15.9 Å². The summed E-state index contributed by atoms with van der Waals surface area (Å²) >= 11 is 3.45. The molecule has 4 heteroatoms. The van der Waals surface area contributed by atoms with Crippen LogP contribution in [0.4, 0.5) is 0 Å². The lowest BCUT2D eigenvalue weighted by molar-refractivity contribution is 0.190. The Labute approximate surface area is 133 Å². The Morgan fingerprint density at radius 2 is 1.90 bits per heavy atom. The number of hydrogen-bond acceptors (Lipinski definition) is 3. The van der Waals surface area contributed by atoms with Crippen LogP contribution in [0.25, 0.3) is 0 Å². The fourth-order valence-corrected chi connectivity index (χ4v) is 2.54. The van der Waals surface area contributed by atoms with Crippen LogP contribution in [0.2, 0.25) is 0 Å². The quantitative estimate of drug-likeness (QED) is 0.868. The van der Waals surface area contributed by atoms with Crippen molar-refractivity contribution in [3.63, 3.8) is 0 Å². The summed E-state index contributed by atoms with van der Waals surface area (Å²) in [5.41, 5.74) is 2.83. The Bertz CT molecular complexity index is 623. The maximum Gasteiger partial charge on any atom is 0.125 e. The molecule has 0 fully saturated rings. The number of rotatable bonds is 5. The fourth-order valence-electron chi connectivity index (χ4n) is 2.13. The van der Waals surface area contributed by atoms with E-state index in [0.717, 1.165) is 26.9 Å². The van der Waals surface area contributed by atoms with Crippen LogP contribution in [0, 0.1) is 6.92 Å². The highest BCUT2D eigenvalue weighted by molar-refractivity contribution is 9.10. The summed E-state index contributed by atoms with van der Waals surface area (Å²) < 4.78 is 12.2. The van der Waals surface area contributed by atoms with Gasteiger partial charge in [-0.2, -0.15) is 0 Å². The van der Waals surface area contributed by atoms with Gasteiger partial charge in [-0.1, -0.05) is 28.1 Å². The highest BCUT2D eigenvalue weighted by atomic mass is 79.9. The van der Waals surface area contributed by atoms with Crippen molar-refractivity contribution in [1.82, 2.24) is 0 Å². The molecule has 2 aromatic carbocycles. The van der Waals surface area contributed by atoms with Crippen molar-refractivity contribution in [2.75, 3.05) is 7.11 Å². The van der Waals surface area contributed by atoms with Crippen molar-refractivity contribution in [1.29, 1.82) is 0 Å². The molecule has 3 nitrogen and oxygen atoms in total. The average molecular weight is 351 g/mol. The lowest BCUT2D eigenvalue weighted by Crippen LogP contribution is -2.03. The van der Waals surface area contributed by atoms with Crippen LogP contribution in [0.15, 0.2) is 40.9 Å². The number of aryl methyl sites for hydroxylation is 1. The second-order valence-electron chi connectivity index (χ2n) is 4.96. The van der Waals surface area contributed by atoms with Gasteiger partial charge >= 0.3 is 0 Å². The van der Waals surface area contributed by atoms with Gasteiger partial charge in [0.25, 0.3) is 0 Å². The van der Waals surface area contributed by atoms with Gasteiger partial charge in [-0.25, -0.2) is 0 Å². The predicted octanol–water partition coefficient (Wildman–Crippen LogP) is 4.40. The molecular weight excluding hydrogens is 332 g/mol. The molecule has 2 rings (SSSR count). The third-order valence-electron chi connectivity index (χ3n) is 3.24. The van der Waals surface area contributed by atoms with E-state index in [9.17, 15) is 5.11 Å². The maximum absolute atomic E-state index is 9.83. The van der Waals surface area contributed by atoms with Crippen molar-refractivity contribution >= 4 is 15.9 Å². The molecule has 0 saturated heterocycles. The van der Waals surface area contributed by atoms with Crippen LogP contribution >= 0.6 is 15.9 Å². The first-order chi connectivity index (χ1) is 10.0. The Morgan fingerprint density at radius 1 is 1.14 bits per heavy atom. The minimum absolute atomic E-state index is 0.381. The smallest absolute Gasteiger partial charge is 0.125 e. The molecule has 0 saturated carbocycles. The van der Waals surface area contributed by atoms with E-state index in [4.69, 9.17) is 9.47 Å². The van der Waals surface area contributed by atoms with Gasteiger partial charge in [0.1, 0.15) is 18.1 Å². The molecule has 0 aromatic heterocycles. The Hall–Kier alpha value is -1.52. The number of methoxy groups -OCH3 is 1. The zero-order valence-corrected chi connectivity index (χ0v) is 14.0. The van der Waals surface area contributed by atoms with Crippen LogP contribution in [-0.4, -0.2) is 12.2 Å². The summed E-state index contributed by atoms with van der Waals surface area (Å²) in [6, 6.07) is 11.6. The van der Waals surface area contributed by atoms with Gasteiger partial charge in [-0.05, 0) is 43.7 Å². The van der Waals surface area contributed by atoms with Gasteiger partial charge in [0.2, 0.25) is 0 Å². The number of halogens is 1. The summed E-state index contributed by atoms with van der Waals surface area (Å²) in [6.07, 6.45) is -0.565. The number of benzene rings is 2. The van der Waals surface area contributed by atoms with Crippen molar-refractivity contribution in [2.45, 2.75) is 26.6 Å². The molecule has 112 valence electrons. The lowest BCUT2D eigenvalue weighted by Gasteiger charge is -2.15. The van der Waals surface area contributed by atoms with Crippen LogP contribution in [0.1, 0.15) is 29.7 Å². The van der Waals surface area contributed by atoms with Gasteiger partial charge < -0.3 is 14.6 Å². The summed E-state index contributed by atoms with van der Waals surface area (Å²) in [7, 11) is 1.64. The van der Waals surface area contributed by atoms with Gasteiger partial charge in [0.15, 0.2) is 0 Å². The van der Waals surface area contributed by atoms with Crippen molar-refractivity contribution in [2.24, 2.45) is 0 Å². The highest BCUT2D eigenvalue weighted by Gasteiger charge is 2.11. The van der Waals surface area contributed by atoms with E-state index in [0.29, 0.717) is 12.4 Å². The number of aliphatic hydroxyl groups excluding tert-OH is 1. The molecule has 0 amide bonds. The minimum Gasteiger partial charge on any atom is -0.496 e. The number of ether oxygens (including phenoxy) is 2. The van der Waals surface area contributed by atoms with Gasteiger partial charge in [0.05, 0.1) is 13.2 Å². The first-order valence-corrected chi connectivity index (χ1v) is 7.54. The van der Waals surface area contributed by atoms with Crippen molar-refractivity contribution in [3.8, 4) is 11.5 Å². The van der Waals surface area contributed by atoms with Crippen LogP contribution in [0.5, 0.6) is 11.5 Å². The van der Waals surface area contributed by atoms with E-state index in [1.54, 1.807) is 14.0 Å². The average Bonchev–Trinajstić information content (AvgIpc) is 2.45. The molecule has 1 N–H and O–H groups in total. The zero-order chi connectivity index (χ0) is 15.4. The fraction of sp³-hybridized carbons (Fsp3) is 0.294. The normalized spacial score (nSPS) is 12.0. The standard InChI is InChI=1S/C17H19BrO3/c1-11-4-6-15(12(2)19)17(8-11)21-10-13-9-14(18)5-7-16(13)20-3/h4-9,12,19H,10H2,1-3H3. The van der Waals surface area contributed by atoms with Gasteiger partial charge in [-0.15, -0.1) is 0 Å². The molecule has 2 aromatic rings. The molecule has 0 aliphatic carbocycles. The molecule has 21 heavy (non-hydrogen) atoms. The molecule has 1 atom stereocenters. The zero-order valence-electron chi connectivity index (χ0n) is 12.4. The minimum atomic E-state index is -0.565. The van der Waals surface area contributed by atoms with Crippen molar-refractivity contribution in [3.05, 3.63) is 57.6 Å². The van der Waals surface area contributed by atoms with Gasteiger partial charge in [-0.3, -0.25) is 0 Å².